The van der Waals surface area contributed by atoms with Gasteiger partial charge in [0.25, 0.3) is 0 Å². The van der Waals surface area contributed by atoms with Crippen LogP contribution in [0.25, 0.3) is 11.0 Å². The largest absolute Gasteiger partial charge is 0.326 e. The maximum absolute atomic E-state index is 13.3. The highest BCUT2D eigenvalue weighted by Gasteiger charge is 2.25. The van der Waals surface area contributed by atoms with E-state index in [2.05, 4.69) is 23.0 Å². The molecule has 0 saturated carbocycles. The highest BCUT2D eigenvalue weighted by Crippen LogP contribution is 2.24. The second kappa shape index (κ2) is 6.48. The van der Waals surface area contributed by atoms with Crippen molar-refractivity contribution in [3.63, 3.8) is 0 Å². The molecule has 5 heteroatoms. The van der Waals surface area contributed by atoms with Crippen molar-refractivity contribution < 1.29 is 4.39 Å². The minimum absolute atomic E-state index is 0.0275. The summed E-state index contributed by atoms with van der Waals surface area (Å²) in [5, 5.41) is 0. The van der Waals surface area contributed by atoms with Gasteiger partial charge in [0.05, 0.1) is 11.0 Å². The van der Waals surface area contributed by atoms with Gasteiger partial charge in [-0.2, -0.15) is 0 Å². The number of H-pyrrole nitrogens is 1. The number of imidazole rings is 1. The van der Waals surface area contributed by atoms with Crippen LogP contribution in [0.1, 0.15) is 17.5 Å². The molecule has 1 aliphatic rings. The third-order valence-electron chi connectivity index (χ3n) is 5.21. The number of hydrogen-bond acceptors (Lipinski definition) is 2. The molecule has 3 aromatic rings. The number of nitrogens with zero attached hydrogens (tertiary/aromatic N) is 2. The first kappa shape index (κ1) is 16.1. The monoisotopic (exact) mass is 339 g/mol. The predicted molar refractivity (Wildman–Crippen MR) is 97.4 cm³/mol. The van der Waals surface area contributed by atoms with Crippen LogP contribution in [-0.2, 0) is 19.4 Å². The normalized spacial score (nSPS) is 16.7. The molecule has 1 atom stereocenters. The van der Waals surface area contributed by atoms with Gasteiger partial charge < -0.3 is 9.88 Å². The van der Waals surface area contributed by atoms with E-state index in [4.69, 9.17) is 0 Å². The van der Waals surface area contributed by atoms with Gasteiger partial charge in [0.15, 0.2) is 0 Å². The number of aromatic nitrogens is 2. The Morgan fingerprint density at radius 2 is 2.12 bits per heavy atom. The topological polar surface area (TPSA) is 41.0 Å². The summed E-state index contributed by atoms with van der Waals surface area (Å²) >= 11 is 0. The summed E-state index contributed by atoms with van der Waals surface area (Å²) < 4.78 is 15.1. The molecule has 130 valence electrons. The van der Waals surface area contributed by atoms with Crippen molar-refractivity contribution in [2.24, 2.45) is 0 Å². The lowest BCUT2D eigenvalue weighted by atomic mass is 9.99. The number of aromatic amines is 1. The first-order valence-corrected chi connectivity index (χ1v) is 8.77. The van der Waals surface area contributed by atoms with Crippen LogP contribution in [0, 0.1) is 5.82 Å². The van der Waals surface area contributed by atoms with Crippen molar-refractivity contribution in [1.29, 1.82) is 0 Å². The van der Waals surface area contributed by atoms with Crippen molar-refractivity contribution in [3.8, 4) is 0 Å². The summed E-state index contributed by atoms with van der Waals surface area (Å²) in [5.74, 6) is -0.175. The van der Waals surface area contributed by atoms with E-state index in [1.165, 1.54) is 11.6 Å². The fourth-order valence-corrected chi connectivity index (χ4v) is 3.87. The Hall–Kier alpha value is -2.40. The second-order valence-electron chi connectivity index (χ2n) is 6.93. The smallest absolute Gasteiger partial charge is 0.306 e. The molecule has 2 aromatic carbocycles. The molecule has 0 saturated heterocycles. The van der Waals surface area contributed by atoms with Gasteiger partial charge in [0.1, 0.15) is 5.82 Å². The van der Waals surface area contributed by atoms with E-state index in [-0.39, 0.29) is 11.5 Å². The average molecular weight is 339 g/mol. The number of benzene rings is 2. The van der Waals surface area contributed by atoms with Crippen molar-refractivity contribution >= 4 is 11.0 Å². The number of likely N-dealkylation sites (N-methyl/N-ethyl adjacent to an activating group) is 1. The lowest BCUT2D eigenvalue weighted by molar-refractivity contribution is 0.211. The maximum atomic E-state index is 13.3. The van der Waals surface area contributed by atoms with Crippen LogP contribution in [0.3, 0.4) is 0 Å². The standard InChI is InChI=1S/C20H22FN3O/c1-23(10-4-6-14-5-2-8-16(21)11-14)17-12-15-7-3-9-18-19(15)24(13-17)20(25)22-18/h2-3,5,7-9,11,17H,4,6,10,12-13H2,1H3,(H,22,25)/t17-/m0/s1. The first-order chi connectivity index (χ1) is 12.1. The van der Waals surface area contributed by atoms with Crippen molar-refractivity contribution in [1.82, 2.24) is 14.5 Å². The number of hydrogen-bond donors (Lipinski definition) is 1. The van der Waals surface area contributed by atoms with E-state index in [1.807, 2.05) is 22.8 Å². The predicted octanol–water partition coefficient (Wildman–Crippen LogP) is 2.96. The highest BCUT2D eigenvalue weighted by atomic mass is 19.1. The molecule has 0 bridgehead atoms. The van der Waals surface area contributed by atoms with Crippen molar-refractivity contribution in [3.05, 3.63) is 69.9 Å². The molecule has 1 aromatic heterocycles. The van der Waals surface area contributed by atoms with Gasteiger partial charge in [-0.1, -0.05) is 24.3 Å². The van der Waals surface area contributed by atoms with Gasteiger partial charge >= 0.3 is 5.69 Å². The van der Waals surface area contributed by atoms with Gasteiger partial charge in [0, 0.05) is 12.6 Å². The Labute approximate surface area is 145 Å². The van der Waals surface area contributed by atoms with Crippen LogP contribution in [-0.4, -0.2) is 34.1 Å². The number of aryl methyl sites for hydroxylation is 1. The van der Waals surface area contributed by atoms with Gasteiger partial charge in [0.2, 0.25) is 0 Å². The molecule has 0 unspecified atom stereocenters. The van der Waals surface area contributed by atoms with Crippen LogP contribution in [0.4, 0.5) is 4.39 Å². The van der Waals surface area contributed by atoms with E-state index in [9.17, 15) is 9.18 Å². The Morgan fingerprint density at radius 1 is 1.28 bits per heavy atom. The Balaban J connectivity index is 1.43. The van der Waals surface area contributed by atoms with E-state index >= 15 is 0 Å². The van der Waals surface area contributed by atoms with Crippen LogP contribution < -0.4 is 5.69 Å². The summed E-state index contributed by atoms with van der Waals surface area (Å²) in [6.07, 6.45) is 2.78. The summed E-state index contributed by atoms with van der Waals surface area (Å²) in [6, 6.07) is 13.2. The molecule has 1 aliphatic heterocycles. The lowest BCUT2D eigenvalue weighted by Crippen LogP contribution is -2.42. The Morgan fingerprint density at radius 3 is 2.96 bits per heavy atom. The van der Waals surface area contributed by atoms with Gasteiger partial charge in [-0.05, 0) is 62.2 Å². The number of halogens is 1. The molecular weight excluding hydrogens is 317 g/mol. The Bertz CT molecular complexity index is 959. The zero-order valence-corrected chi connectivity index (χ0v) is 14.3. The van der Waals surface area contributed by atoms with Gasteiger partial charge in [-0.25, -0.2) is 9.18 Å². The van der Waals surface area contributed by atoms with E-state index in [1.54, 1.807) is 12.1 Å². The van der Waals surface area contributed by atoms with Crippen molar-refractivity contribution in [2.45, 2.75) is 31.8 Å². The average Bonchev–Trinajstić information content (AvgIpc) is 2.92. The fraction of sp³-hybridized carbons (Fsp3) is 0.350. The molecule has 4 nitrogen and oxygen atoms in total. The van der Waals surface area contributed by atoms with Gasteiger partial charge in [-0.15, -0.1) is 0 Å². The van der Waals surface area contributed by atoms with E-state index in [0.29, 0.717) is 12.6 Å². The third kappa shape index (κ3) is 3.12. The summed E-state index contributed by atoms with van der Waals surface area (Å²) in [4.78, 5) is 17.5. The molecule has 0 aliphatic carbocycles. The van der Waals surface area contributed by atoms with E-state index < -0.39 is 0 Å². The minimum Gasteiger partial charge on any atom is -0.306 e. The zero-order chi connectivity index (χ0) is 17.4. The second-order valence-corrected chi connectivity index (χ2v) is 6.93. The quantitative estimate of drug-likeness (QED) is 0.776. The molecule has 2 heterocycles. The molecule has 25 heavy (non-hydrogen) atoms. The third-order valence-corrected chi connectivity index (χ3v) is 5.21. The minimum atomic E-state index is -0.175. The Kier molecular flexibility index (Phi) is 4.17. The number of nitrogens with one attached hydrogen (secondary N) is 1. The lowest BCUT2D eigenvalue weighted by Gasteiger charge is -2.31. The molecule has 0 amide bonds. The molecule has 1 N–H and O–H groups in total. The summed E-state index contributed by atoms with van der Waals surface area (Å²) in [7, 11) is 2.11. The summed E-state index contributed by atoms with van der Waals surface area (Å²) in [6.45, 7) is 1.64. The van der Waals surface area contributed by atoms with Crippen LogP contribution >= 0.6 is 0 Å². The highest BCUT2D eigenvalue weighted by molar-refractivity contribution is 5.79. The molecule has 0 fully saturated rings. The number of para-hydroxylation sites is 1. The molecule has 4 rings (SSSR count). The first-order valence-electron chi connectivity index (χ1n) is 8.77. The SMILES string of the molecule is CN(CCCc1cccc(F)c1)[C@H]1Cc2cccc3[nH]c(=O)n(c23)C1. The zero-order valence-electron chi connectivity index (χ0n) is 14.3. The van der Waals surface area contributed by atoms with E-state index in [0.717, 1.165) is 42.4 Å². The molecular formula is C20H22FN3O. The fourth-order valence-electron chi connectivity index (χ4n) is 3.87. The van der Waals surface area contributed by atoms with Gasteiger partial charge in [-0.3, -0.25) is 4.57 Å². The summed E-state index contributed by atoms with van der Waals surface area (Å²) in [5.41, 5.74) is 4.21. The molecule has 0 spiro atoms. The van der Waals surface area contributed by atoms with Crippen LogP contribution in [0.5, 0.6) is 0 Å². The van der Waals surface area contributed by atoms with Crippen LogP contribution in [0.15, 0.2) is 47.3 Å². The van der Waals surface area contributed by atoms with Crippen LogP contribution in [0.2, 0.25) is 0 Å². The molecule has 0 radical (unpaired) electrons. The van der Waals surface area contributed by atoms with Crippen molar-refractivity contribution in [2.75, 3.05) is 13.6 Å². The number of rotatable bonds is 5. The maximum Gasteiger partial charge on any atom is 0.326 e.